The summed E-state index contributed by atoms with van der Waals surface area (Å²) in [4.78, 5) is 0. The predicted molar refractivity (Wildman–Crippen MR) is 63.8 cm³/mol. The van der Waals surface area contributed by atoms with Gasteiger partial charge in [0.25, 0.3) is 0 Å². The molecule has 1 fully saturated rings. The quantitative estimate of drug-likeness (QED) is 0.412. The molecule has 1 atom stereocenters. The summed E-state index contributed by atoms with van der Waals surface area (Å²) in [6.45, 7) is 0. The summed E-state index contributed by atoms with van der Waals surface area (Å²) < 4.78 is 5.05. The molecule has 0 N–H and O–H groups in total. The number of allylic oxidation sites excluding steroid dienone is 4. The van der Waals surface area contributed by atoms with Crippen LogP contribution in [0, 0.1) is 5.92 Å². The third-order valence-electron chi connectivity index (χ3n) is 2.09. The molecule has 0 spiro atoms. The maximum absolute atomic E-state index is 3.14. The normalized spacial score (nSPS) is 26.5. The minimum absolute atomic E-state index is 0.414. The van der Waals surface area contributed by atoms with Crippen LogP contribution in [0.4, 0.5) is 0 Å². The van der Waals surface area contributed by atoms with Crippen LogP contribution >= 0.6 is 0 Å². The van der Waals surface area contributed by atoms with Crippen LogP contribution in [0.15, 0.2) is 23.8 Å². The molecule has 13 heavy (non-hydrogen) atoms. The zero-order chi connectivity index (χ0) is 9.59. The van der Waals surface area contributed by atoms with Crippen molar-refractivity contribution in [1.82, 2.24) is 0 Å². The van der Waals surface area contributed by atoms with Gasteiger partial charge in [-0.05, 0) is 0 Å². The van der Waals surface area contributed by atoms with Gasteiger partial charge >= 0.3 is 110 Å². The van der Waals surface area contributed by atoms with Gasteiger partial charge in [-0.2, -0.15) is 0 Å². The fourth-order valence-electron chi connectivity index (χ4n) is 1.44. The molecule has 0 aromatic carbocycles. The van der Waals surface area contributed by atoms with Gasteiger partial charge in [0, 0.05) is 0 Å². The van der Waals surface area contributed by atoms with Crippen LogP contribution in [-0.4, -0.2) is 80.0 Å². The first-order chi connectivity index (χ1) is 6.13. The standard InChI is InChI=1S/C9H4Se4/c10-5-3-1-2-4-6(5)8(12)9(13)7(4)11/h1-3,6H. The number of rotatable bonds is 0. The summed E-state index contributed by atoms with van der Waals surface area (Å²) in [5, 5.41) is 0. The van der Waals surface area contributed by atoms with Gasteiger partial charge in [0.05, 0.1) is 0 Å². The van der Waals surface area contributed by atoms with E-state index in [9.17, 15) is 0 Å². The Morgan fingerprint density at radius 2 is 1.69 bits per heavy atom. The van der Waals surface area contributed by atoms with E-state index >= 15 is 0 Å². The first-order valence-corrected chi connectivity index (χ1v) is 7.10. The molecule has 0 bridgehead atoms. The molecule has 1 saturated carbocycles. The van der Waals surface area contributed by atoms with Crippen molar-refractivity contribution in [2.45, 2.75) is 0 Å². The van der Waals surface area contributed by atoms with E-state index in [0.717, 1.165) is 0 Å². The number of hydrogen-bond acceptors (Lipinski definition) is 0. The molecule has 2 aliphatic rings. The first-order valence-electron chi connectivity index (χ1n) is 3.68. The van der Waals surface area contributed by atoms with Crippen LogP contribution in [0.2, 0.25) is 0 Å². The monoisotopic (exact) mass is 432 g/mol. The van der Waals surface area contributed by atoms with Gasteiger partial charge in [-0.15, -0.1) is 0 Å². The fourth-order valence-corrected chi connectivity index (χ4v) is 4.69. The van der Waals surface area contributed by atoms with Gasteiger partial charge in [-0.25, -0.2) is 0 Å². The summed E-state index contributed by atoms with van der Waals surface area (Å²) >= 11 is 12.5. The summed E-state index contributed by atoms with van der Waals surface area (Å²) in [6, 6.07) is 0. The molecule has 0 saturated heterocycles. The predicted octanol–water partition coefficient (Wildman–Crippen LogP) is -1.52. The average Bonchev–Trinajstić information content (AvgIpc) is 2.33. The minimum atomic E-state index is 0.414. The molecule has 0 nitrogen and oxygen atoms in total. The topological polar surface area (TPSA) is 0 Å². The second-order valence-electron chi connectivity index (χ2n) is 2.84. The zero-order valence-corrected chi connectivity index (χ0v) is 13.3. The van der Waals surface area contributed by atoms with E-state index in [-0.39, 0.29) is 0 Å². The molecule has 0 amide bonds. The molecular weight excluding hydrogens is 424 g/mol. The average molecular weight is 428 g/mol. The summed E-state index contributed by atoms with van der Waals surface area (Å²) in [6.07, 6.45) is 6.37. The Bertz CT molecular complexity index is 411. The van der Waals surface area contributed by atoms with Crippen LogP contribution in [0.5, 0.6) is 0 Å². The van der Waals surface area contributed by atoms with Crippen molar-refractivity contribution in [3.05, 3.63) is 23.8 Å². The first kappa shape index (κ1) is 10.6. The molecule has 2 aliphatic carbocycles. The number of hydrogen-bond donors (Lipinski definition) is 0. The van der Waals surface area contributed by atoms with Crippen LogP contribution in [0.1, 0.15) is 0 Å². The molecule has 64 valence electrons. The fraction of sp³-hybridized carbons (Fsp3) is 0.111. The third kappa shape index (κ3) is 1.65. The summed E-state index contributed by atoms with van der Waals surface area (Å²) in [5.74, 6) is 0.414. The molecule has 4 heteroatoms. The van der Waals surface area contributed by atoms with Crippen molar-refractivity contribution < 1.29 is 0 Å². The van der Waals surface area contributed by atoms with Crippen LogP contribution < -0.4 is 0 Å². The van der Waals surface area contributed by atoms with E-state index in [1.165, 1.54) is 23.2 Å². The van der Waals surface area contributed by atoms with Gasteiger partial charge in [0.15, 0.2) is 0 Å². The molecule has 0 aromatic heterocycles. The van der Waals surface area contributed by atoms with E-state index < -0.39 is 0 Å². The van der Waals surface area contributed by atoms with E-state index in [2.05, 4.69) is 80.5 Å². The van der Waals surface area contributed by atoms with E-state index in [0.29, 0.717) is 5.92 Å². The van der Waals surface area contributed by atoms with E-state index in [1.54, 1.807) is 0 Å². The van der Waals surface area contributed by atoms with Gasteiger partial charge in [0.1, 0.15) is 0 Å². The second-order valence-corrected chi connectivity index (χ2v) is 6.46. The van der Waals surface area contributed by atoms with E-state index in [1.807, 2.05) is 0 Å². The van der Waals surface area contributed by atoms with E-state index in [4.69, 9.17) is 0 Å². The van der Waals surface area contributed by atoms with Gasteiger partial charge < -0.3 is 0 Å². The van der Waals surface area contributed by atoms with Gasteiger partial charge in [-0.1, -0.05) is 0 Å². The third-order valence-corrected chi connectivity index (χ3v) is 6.91. The van der Waals surface area contributed by atoms with Crippen molar-refractivity contribution in [1.29, 1.82) is 0 Å². The molecule has 2 rings (SSSR count). The van der Waals surface area contributed by atoms with Crippen molar-refractivity contribution >= 4 is 80.0 Å². The molecule has 1 unspecified atom stereocenters. The molecular formula is C9H4Se4. The second kappa shape index (κ2) is 3.89. The Morgan fingerprint density at radius 1 is 1.00 bits per heavy atom. The Hall–Kier alpha value is 1.04. The SMILES string of the molecule is [Se]=C1C(=[Se])C2=CC=CC(=[Se])C2C1=[Se]. The molecule has 0 aliphatic heterocycles. The molecule has 0 radical (unpaired) electrons. The van der Waals surface area contributed by atoms with Crippen molar-refractivity contribution in [3.8, 4) is 0 Å². The molecule has 0 heterocycles. The summed E-state index contributed by atoms with van der Waals surface area (Å²) in [7, 11) is 0. The van der Waals surface area contributed by atoms with Crippen LogP contribution in [0.25, 0.3) is 0 Å². The Balaban J connectivity index is 2.59. The maximum atomic E-state index is 3.14. The van der Waals surface area contributed by atoms with Crippen molar-refractivity contribution in [2.24, 2.45) is 5.92 Å². The van der Waals surface area contributed by atoms with Crippen LogP contribution in [0.3, 0.4) is 0 Å². The Morgan fingerprint density at radius 3 is 2.31 bits per heavy atom. The van der Waals surface area contributed by atoms with Gasteiger partial charge in [-0.3, -0.25) is 0 Å². The van der Waals surface area contributed by atoms with Gasteiger partial charge in [0.2, 0.25) is 0 Å². The zero-order valence-electron chi connectivity index (χ0n) is 6.44. The van der Waals surface area contributed by atoms with Crippen molar-refractivity contribution in [3.63, 3.8) is 0 Å². The van der Waals surface area contributed by atoms with Crippen LogP contribution in [-0.2, 0) is 0 Å². The molecule has 0 aromatic rings. The Labute approximate surface area is 109 Å². The summed E-state index contributed by atoms with van der Waals surface area (Å²) in [5.41, 5.74) is 1.36. The number of fused-ring (bicyclic) bond motifs is 1. The van der Waals surface area contributed by atoms with Crippen molar-refractivity contribution in [2.75, 3.05) is 0 Å². The Kier molecular flexibility index (Phi) is 3.16.